The summed E-state index contributed by atoms with van der Waals surface area (Å²) in [5.41, 5.74) is 2.89. The van der Waals surface area contributed by atoms with Gasteiger partial charge < -0.3 is 5.32 Å². The third kappa shape index (κ3) is 3.59. The fourth-order valence-corrected chi connectivity index (χ4v) is 3.77. The predicted octanol–water partition coefficient (Wildman–Crippen LogP) is 3.17. The van der Waals surface area contributed by atoms with Crippen LogP contribution in [-0.2, 0) is 12.0 Å². The van der Waals surface area contributed by atoms with Crippen LogP contribution in [0, 0.1) is 10.1 Å². The summed E-state index contributed by atoms with van der Waals surface area (Å²) in [6.07, 6.45) is 5.06. The summed E-state index contributed by atoms with van der Waals surface area (Å²) in [6.45, 7) is 1.83. The Labute approximate surface area is 136 Å². The average molecular weight is 311 g/mol. The standard InChI is InChI=1S/C19H22N2O2/c22-21(23)18-10-6-7-16(13-18)14-20-15-19(11-4-5-12-19)17-8-2-1-3-9-17/h1-3,6-10,13,20H,4-5,11-12,14-15H2/p+1. The van der Waals surface area contributed by atoms with Crippen molar-refractivity contribution in [2.24, 2.45) is 0 Å². The normalized spacial score (nSPS) is 16.3. The minimum Gasteiger partial charge on any atom is -0.342 e. The molecule has 0 atom stereocenters. The summed E-state index contributed by atoms with van der Waals surface area (Å²) in [5.74, 6) is 0. The number of nitro benzene ring substituents is 1. The Kier molecular flexibility index (Phi) is 4.72. The van der Waals surface area contributed by atoms with Gasteiger partial charge in [-0.25, -0.2) is 0 Å². The fraction of sp³-hybridized carbons (Fsp3) is 0.368. The molecular formula is C19H23N2O2+. The summed E-state index contributed by atoms with van der Waals surface area (Å²) in [4.78, 5) is 10.5. The van der Waals surface area contributed by atoms with Gasteiger partial charge in [-0.1, -0.05) is 55.3 Å². The molecule has 2 N–H and O–H groups in total. The Bertz CT molecular complexity index is 664. The zero-order chi connectivity index (χ0) is 16.1. The van der Waals surface area contributed by atoms with Gasteiger partial charge in [-0.3, -0.25) is 10.1 Å². The van der Waals surface area contributed by atoms with Crippen molar-refractivity contribution in [3.63, 3.8) is 0 Å². The molecule has 0 radical (unpaired) electrons. The molecule has 1 saturated carbocycles. The van der Waals surface area contributed by atoms with Gasteiger partial charge in [-0.05, 0) is 18.4 Å². The molecule has 1 aliphatic rings. The molecule has 2 aromatic rings. The molecule has 1 aliphatic carbocycles. The molecule has 3 rings (SSSR count). The van der Waals surface area contributed by atoms with Gasteiger partial charge in [0.2, 0.25) is 0 Å². The third-order valence-corrected chi connectivity index (χ3v) is 4.98. The number of hydrogen-bond donors (Lipinski definition) is 1. The van der Waals surface area contributed by atoms with E-state index in [0.717, 1.165) is 18.7 Å². The van der Waals surface area contributed by atoms with Crippen LogP contribution in [0.25, 0.3) is 0 Å². The summed E-state index contributed by atoms with van der Waals surface area (Å²) in [5, 5.41) is 13.2. The molecule has 120 valence electrons. The Morgan fingerprint density at radius 3 is 2.48 bits per heavy atom. The number of quaternary nitrogens is 1. The Balaban J connectivity index is 1.67. The van der Waals surface area contributed by atoms with Crippen molar-refractivity contribution in [1.82, 2.24) is 0 Å². The first-order valence-electron chi connectivity index (χ1n) is 8.30. The van der Waals surface area contributed by atoms with Gasteiger partial charge in [0, 0.05) is 23.1 Å². The van der Waals surface area contributed by atoms with Gasteiger partial charge in [-0.15, -0.1) is 0 Å². The van der Waals surface area contributed by atoms with Crippen LogP contribution < -0.4 is 5.32 Å². The molecule has 0 amide bonds. The van der Waals surface area contributed by atoms with Crippen molar-refractivity contribution in [2.45, 2.75) is 37.6 Å². The maximum absolute atomic E-state index is 10.9. The zero-order valence-corrected chi connectivity index (χ0v) is 13.3. The largest absolute Gasteiger partial charge is 0.342 e. The number of hydrogen-bond acceptors (Lipinski definition) is 2. The van der Waals surface area contributed by atoms with E-state index in [-0.39, 0.29) is 16.0 Å². The molecule has 0 saturated heterocycles. The van der Waals surface area contributed by atoms with E-state index in [4.69, 9.17) is 0 Å². The number of nitrogens with zero attached hydrogens (tertiary/aromatic N) is 1. The van der Waals surface area contributed by atoms with Gasteiger partial charge in [0.25, 0.3) is 5.69 Å². The second-order valence-corrected chi connectivity index (χ2v) is 6.48. The summed E-state index contributed by atoms with van der Waals surface area (Å²) in [6, 6.07) is 17.8. The molecule has 0 aliphatic heterocycles. The first-order chi connectivity index (χ1) is 11.2. The maximum Gasteiger partial charge on any atom is 0.269 e. The highest BCUT2D eigenvalue weighted by Gasteiger charge is 2.37. The number of non-ortho nitro benzene ring substituents is 1. The highest BCUT2D eigenvalue weighted by Crippen LogP contribution is 2.39. The molecule has 0 heterocycles. The number of nitrogens with two attached hydrogens (primary N) is 1. The second-order valence-electron chi connectivity index (χ2n) is 6.48. The molecule has 4 nitrogen and oxygen atoms in total. The van der Waals surface area contributed by atoms with Crippen molar-refractivity contribution in [1.29, 1.82) is 0 Å². The molecule has 0 aromatic heterocycles. The highest BCUT2D eigenvalue weighted by molar-refractivity contribution is 5.33. The van der Waals surface area contributed by atoms with Crippen LogP contribution in [0.1, 0.15) is 36.8 Å². The van der Waals surface area contributed by atoms with Crippen molar-refractivity contribution in [2.75, 3.05) is 6.54 Å². The van der Waals surface area contributed by atoms with E-state index in [1.807, 2.05) is 6.07 Å². The summed E-state index contributed by atoms with van der Waals surface area (Å²) in [7, 11) is 0. The molecule has 0 spiro atoms. The number of rotatable bonds is 6. The quantitative estimate of drug-likeness (QED) is 0.658. The Morgan fingerprint density at radius 2 is 1.78 bits per heavy atom. The average Bonchev–Trinajstić information content (AvgIpc) is 3.06. The summed E-state index contributed by atoms with van der Waals surface area (Å²) >= 11 is 0. The van der Waals surface area contributed by atoms with Crippen molar-refractivity contribution < 1.29 is 10.2 Å². The second kappa shape index (κ2) is 6.92. The lowest BCUT2D eigenvalue weighted by Gasteiger charge is -2.27. The molecular weight excluding hydrogens is 288 g/mol. The van der Waals surface area contributed by atoms with Crippen LogP contribution >= 0.6 is 0 Å². The molecule has 1 fully saturated rings. The number of nitro groups is 1. The molecule has 2 aromatic carbocycles. The highest BCUT2D eigenvalue weighted by atomic mass is 16.6. The van der Waals surface area contributed by atoms with Gasteiger partial charge >= 0.3 is 0 Å². The minimum absolute atomic E-state index is 0.175. The molecule has 4 heteroatoms. The van der Waals surface area contributed by atoms with E-state index in [1.165, 1.54) is 31.2 Å². The van der Waals surface area contributed by atoms with Crippen LogP contribution in [0.5, 0.6) is 0 Å². The lowest BCUT2D eigenvalue weighted by Crippen LogP contribution is -2.86. The van der Waals surface area contributed by atoms with Crippen LogP contribution in [0.4, 0.5) is 5.69 Å². The SMILES string of the molecule is O=[N+]([O-])c1cccc(C[NH2+]CC2(c3ccccc3)CCCC2)c1. The Morgan fingerprint density at radius 1 is 1.04 bits per heavy atom. The topological polar surface area (TPSA) is 59.8 Å². The van der Waals surface area contributed by atoms with Gasteiger partial charge in [0.15, 0.2) is 0 Å². The molecule has 0 unspecified atom stereocenters. The van der Waals surface area contributed by atoms with Crippen LogP contribution in [0.3, 0.4) is 0 Å². The predicted molar refractivity (Wildman–Crippen MR) is 90.2 cm³/mol. The van der Waals surface area contributed by atoms with E-state index in [1.54, 1.807) is 18.2 Å². The van der Waals surface area contributed by atoms with Crippen molar-refractivity contribution >= 4 is 5.69 Å². The van der Waals surface area contributed by atoms with Crippen molar-refractivity contribution in [3.05, 3.63) is 75.8 Å². The lowest BCUT2D eigenvalue weighted by atomic mass is 9.79. The Hall–Kier alpha value is -2.20. The molecule has 0 bridgehead atoms. The third-order valence-electron chi connectivity index (χ3n) is 4.98. The van der Waals surface area contributed by atoms with Crippen LogP contribution in [0.15, 0.2) is 54.6 Å². The van der Waals surface area contributed by atoms with Gasteiger partial charge in [-0.2, -0.15) is 0 Å². The van der Waals surface area contributed by atoms with Gasteiger partial charge in [0.05, 0.1) is 11.5 Å². The van der Waals surface area contributed by atoms with E-state index in [9.17, 15) is 10.1 Å². The van der Waals surface area contributed by atoms with Crippen LogP contribution in [0.2, 0.25) is 0 Å². The molecule has 23 heavy (non-hydrogen) atoms. The summed E-state index contributed by atoms with van der Waals surface area (Å²) < 4.78 is 0. The smallest absolute Gasteiger partial charge is 0.269 e. The number of benzene rings is 2. The first kappa shape index (κ1) is 15.7. The van der Waals surface area contributed by atoms with E-state index in [0.29, 0.717) is 0 Å². The monoisotopic (exact) mass is 311 g/mol. The van der Waals surface area contributed by atoms with Crippen LogP contribution in [-0.4, -0.2) is 11.5 Å². The van der Waals surface area contributed by atoms with E-state index >= 15 is 0 Å². The van der Waals surface area contributed by atoms with E-state index in [2.05, 4.69) is 35.6 Å². The lowest BCUT2D eigenvalue weighted by molar-refractivity contribution is -0.677. The minimum atomic E-state index is -0.327. The van der Waals surface area contributed by atoms with Gasteiger partial charge in [0.1, 0.15) is 6.54 Å². The zero-order valence-electron chi connectivity index (χ0n) is 13.3. The first-order valence-corrected chi connectivity index (χ1v) is 8.30. The fourth-order valence-electron chi connectivity index (χ4n) is 3.77. The maximum atomic E-state index is 10.9. The van der Waals surface area contributed by atoms with E-state index < -0.39 is 0 Å². The van der Waals surface area contributed by atoms with Crippen molar-refractivity contribution in [3.8, 4) is 0 Å².